The number of hydrogen-bond donors (Lipinski definition) is 3. The van der Waals surface area contributed by atoms with Gasteiger partial charge in [0, 0.05) is 36.3 Å². The average molecular weight is 330 g/mol. The second kappa shape index (κ2) is 9.70. The van der Waals surface area contributed by atoms with Gasteiger partial charge in [-0.1, -0.05) is 30.3 Å². The van der Waals surface area contributed by atoms with Crippen molar-refractivity contribution in [2.75, 3.05) is 13.1 Å². The molecule has 5 N–H and O–H groups in total. The molecule has 2 rings (SSSR count). The Morgan fingerprint density at radius 1 is 1.00 bits per heavy atom. The fourth-order valence-electron chi connectivity index (χ4n) is 1.69. The van der Waals surface area contributed by atoms with Gasteiger partial charge in [-0.25, -0.2) is 4.79 Å². The van der Waals surface area contributed by atoms with Crippen molar-refractivity contribution in [2.24, 2.45) is 11.5 Å². The molecule has 0 aliphatic heterocycles. The number of carbonyl (C=O) groups is 2. The Kier molecular flexibility index (Phi) is 7.59. The summed E-state index contributed by atoms with van der Waals surface area (Å²) in [6.07, 6.45) is 0. The van der Waals surface area contributed by atoms with Crippen molar-refractivity contribution in [1.29, 1.82) is 0 Å². The van der Waals surface area contributed by atoms with Crippen LogP contribution in [-0.2, 0) is 0 Å². The number of nitrogens with zero attached hydrogens (tertiary/aromatic N) is 1. The Morgan fingerprint density at radius 2 is 1.54 bits per heavy atom. The largest absolute Gasteiger partial charge is 0.352 e. The average Bonchev–Trinajstić information content (AvgIpc) is 2.60. The molecular weight excluding hydrogens is 312 g/mol. The SMILES string of the molecule is NCCNC(N)=O.O=C(c1ccccc1)c1ccc([N+](=O)[O-])cc1. The monoisotopic (exact) mass is 330 g/mol. The van der Waals surface area contributed by atoms with Gasteiger partial charge in [-0.15, -0.1) is 0 Å². The van der Waals surface area contributed by atoms with Crippen molar-refractivity contribution in [3.05, 3.63) is 75.8 Å². The minimum Gasteiger partial charge on any atom is -0.352 e. The summed E-state index contributed by atoms with van der Waals surface area (Å²) in [6, 6.07) is 13.9. The summed E-state index contributed by atoms with van der Waals surface area (Å²) in [7, 11) is 0. The van der Waals surface area contributed by atoms with Crippen LogP contribution >= 0.6 is 0 Å². The fraction of sp³-hybridized carbons (Fsp3) is 0.125. The number of primary amides is 1. The number of nitro groups is 1. The van der Waals surface area contributed by atoms with E-state index in [1.165, 1.54) is 24.3 Å². The van der Waals surface area contributed by atoms with E-state index in [0.29, 0.717) is 24.2 Å². The quantitative estimate of drug-likeness (QED) is 0.432. The van der Waals surface area contributed by atoms with E-state index in [1.54, 1.807) is 24.3 Å². The molecule has 0 radical (unpaired) electrons. The number of hydrogen-bond acceptors (Lipinski definition) is 5. The summed E-state index contributed by atoms with van der Waals surface area (Å²) in [6.45, 7) is 0.887. The molecule has 8 heteroatoms. The third-order valence-corrected chi connectivity index (χ3v) is 2.82. The minimum atomic E-state index is -0.523. The van der Waals surface area contributed by atoms with Crippen molar-refractivity contribution in [3.8, 4) is 0 Å². The molecule has 0 saturated heterocycles. The van der Waals surface area contributed by atoms with Gasteiger partial charge in [-0.3, -0.25) is 14.9 Å². The highest BCUT2D eigenvalue weighted by atomic mass is 16.6. The number of urea groups is 1. The lowest BCUT2D eigenvalue weighted by Gasteiger charge is -2.00. The maximum Gasteiger partial charge on any atom is 0.312 e. The van der Waals surface area contributed by atoms with Crippen LogP contribution in [0.25, 0.3) is 0 Å². The molecule has 0 bridgehead atoms. The standard InChI is InChI=1S/C13H9NO3.C3H9N3O/c15-13(10-4-2-1-3-5-10)11-6-8-12(9-7-11)14(16)17;4-1-2-6-3(5)7/h1-9H;1-2,4H2,(H3,5,6,7). The van der Waals surface area contributed by atoms with Crippen LogP contribution in [0.2, 0.25) is 0 Å². The minimum absolute atomic E-state index is 0.0189. The summed E-state index contributed by atoms with van der Waals surface area (Å²) in [5.74, 6) is -0.138. The highest BCUT2D eigenvalue weighted by molar-refractivity contribution is 6.09. The van der Waals surface area contributed by atoms with Gasteiger partial charge < -0.3 is 16.8 Å². The molecule has 0 aliphatic rings. The second-order valence-corrected chi connectivity index (χ2v) is 4.58. The number of nitro benzene ring substituents is 1. The van der Waals surface area contributed by atoms with E-state index in [0.717, 1.165) is 0 Å². The zero-order valence-electron chi connectivity index (χ0n) is 12.8. The molecule has 0 saturated carbocycles. The summed E-state index contributed by atoms with van der Waals surface area (Å²) in [5, 5.41) is 12.8. The second-order valence-electron chi connectivity index (χ2n) is 4.58. The number of nitrogens with one attached hydrogen (secondary N) is 1. The molecule has 8 nitrogen and oxygen atoms in total. The third kappa shape index (κ3) is 6.24. The van der Waals surface area contributed by atoms with E-state index in [1.807, 2.05) is 6.07 Å². The Labute approximate surface area is 138 Å². The van der Waals surface area contributed by atoms with Crippen molar-refractivity contribution in [3.63, 3.8) is 0 Å². The van der Waals surface area contributed by atoms with E-state index in [2.05, 4.69) is 11.1 Å². The lowest BCUT2D eigenvalue weighted by Crippen LogP contribution is -2.33. The predicted octanol–water partition coefficient (Wildman–Crippen LogP) is 1.44. The van der Waals surface area contributed by atoms with E-state index in [4.69, 9.17) is 5.73 Å². The van der Waals surface area contributed by atoms with Crippen LogP contribution in [0.15, 0.2) is 54.6 Å². The Bertz CT molecular complexity index is 687. The number of carbonyl (C=O) groups excluding carboxylic acids is 2. The van der Waals surface area contributed by atoms with Crippen molar-refractivity contribution >= 4 is 17.5 Å². The summed E-state index contributed by atoms with van der Waals surface area (Å²) in [4.78, 5) is 31.8. The molecule has 0 heterocycles. The molecule has 0 fully saturated rings. The van der Waals surface area contributed by atoms with Gasteiger partial charge in [0.25, 0.3) is 5.69 Å². The first kappa shape index (κ1) is 18.8. The molecule has 2 amide bonds. The van der Waals surface area contributed by atoms with Gasteiger partial charge in [0.1, 0.15) is 0 Å². The maximum absolute atomic E-state index is 12.0. The van der Waals surface area contributed by atoms with E-state index < -0.39 is 11.0 Å². The number of amides is 2. The number of benzene rings is 2. The zero-order chi connectivity index (χ0) is 17.9. The van der Waals surface area contributed by atoms with Crippen LogP contribution < -0.4 is 16.8 Å². The predicted molar refractivity (Wildman–Crippen MR) is 89.6 cm³/mol. The molecule has 2 aromatic carbocycles. The molecule has 0 aromatic heterocycles. The Balaban J connectivity index is 0.000000351. The van der Waals surface area contributed by atoms with Crippen molar-refractivity contribution in [1.82, 2.24) is 5.32 Å². The topological polar surface area (TPSA) is 141 Å². The van der Waals surface area contributed by atoms with Gasteiger partial charge >= 0.3 is 6.03 Å². The number of nitrogens with two attached hydrogens (primary N) is 2. The van der Waals surface area contributed by atoms with Gasteiger partial charge in [0.15, 0.2) is 5.78 Å². The number of ketones is 1. The van der Waals surface area contributed by atoms with Crippen LogP contribution in [0.4, 0.5) is 10.5 Å². The molecule has 0 unspecified atom stereocenters. The molecule has 0 aliphatic carbocycles. The zero-order valence-corrected chi connectivity index (χ0v) is 12.8. The highest BCUT2D eigenvalue weighted by Gasteiger charge is 2.10. The van der Waals surface area contributed by atoms with Gasteiger partial charge in [0.2, 0.25) is 0 Å². The first-order valence-corrected chi connectivity index (χ1v) is 7.03. The normalized spacial score (nSPS) is 9.38. The van der Waals surface area contributed by atoms with Crippen molar-refractivity contribution < 1.29 is 14.5 Å². The first-order chi connectivity index (χ1) is 11.5. The van der Waals surface area contributed by atoms with Crippen molar-refractivity contribution in [2.45, 2.75) is 0 Å². The third-order valence-electron chi connectivity index (χ3n) is 2.82. The van der Waals surface area contributed by atoms with Gasteiger partial charge in [-0.2, -0.15) is 0 Å². The number of non-ortho nitro benzene ring substituents is 1. The fourth-order valence-corrected chi connectivity index (χ4v) is 1.69. The number of rotatable bonds is 5. The lowest BCUT2D eigenvalue weighted by molar-refractivity contribution is -0.384. The summed E-state index contributed by atoms with van der Waals surface area (Å²) < 4.78 is 0. The lowest BCUT2D eigenvalue weighted by atomic mass is 10.0. The summed E-state index contributed by atoms with van der Waals surface area (Å²) in [5.41, 5.74) is 10.7. The molecule has 126 valence electrons. The molecule has 0 spiro atoms. The van der Waals surface area contributed by atoms with E-state index in [-0.39, 0.29) is 11.5 Å². The van der Waals surface area contributed by atoms with Crippen LogP contribution in [0.5, 0.6) is 0 Å². The molecule has 24 heavy (non-hydrogen) atoms. The molecule has 2 aromatic rings. The smallest absolute Gasteiger partial charge is 0.312 e. The van der Waals surface area contributed by atoms with Crippen LogP contribution in [0.1, 0.15) is 15.9 Å². The summed E-state index contributed by atoms with van der Waals surface area (Å²) >= 11 is 0. The maximum atomic E-state index is 12.0. The Hall–Kier alpha value is -3.26. The van der Waals surface area contributed by atoms with Crippen LogP contribution in [0, 0.1) is 10.1 Å². The van der Waals surface area contributed by atoms with E-state index >= 15 is 0 Å². The highest BCUT2D eigenvalue weighted by Crippen LogP contribution is 2.15. The molecular formula is C16H18N4O4. The first-order valence-electron chi connectivity index (χ1n) is 7.03. The van der Waals surface area contributed by atoms with Gasteiger partial charge in [-0.05, 0) is 12.1 Å². The van der Waals surface area contributed by atoms with E-state index in [9.17, 15) is 19.7 Å². The Morgan fingerprint density at radius 3 is 1.96 bits per heavy atom. The van der Waals surface area contributed by atoms with Crippen LogP contribution in [0.3, 0.4) is 0 Å². The molecule has 0 atom stereocenters. The van der Waals surface area contributed by atoms with Crippen LogP contribution in [-0.4, -0.2) is 29.8 Å². The van der Waals surface area contributed by atoms with Gasteiger partial charge in [0.05, 0.1) is 4.92 Å².